The van der Waals surface area contributed by atoms with Crippen LogP contribution in [0.5, 0.6) is 0 Å². The predicted octanol–water partition coefficient (Wildman–Crippen LogP) is 10.8. The number of benzene rings is 6. The van der Waals surface area contributed by atoms with Gasteiger partial charge in [-0.25, -0.2) is 0 Å². The van der Waals surface area contributed by atoms with Crippen molar-refractivity contribution in [3.05, 3.63) is 152 Å². The molecule has 6 aromatic carbocycles. The molecule has 1 aliphatic carbocycles. The first-order chi connectivity index (χ1) is 20.8. The summed E-state index contributed by atoms with van der Waals surface area (Å²) < 4.78 is 4.92. The zero-order valence-corrected chi connectivity index (χ0v) is 23.1. The Bertz CT molecular complexity index is 2400. The molecule has 198 valence electrons. The van der Waals surface area contributed by atoms with Crippen LogP contribution in [0.2, 0.25) is 0 Å². The topological polar surface area (TPSA) is 9.86 Å². The second kappa shape index (κ2) is 9.09. The van der Waals surface area contributed by atoms with Crippen molar-refractivity contribution >= 4 is 54.4 Å². The average Bonchev–Trinajstić information content (AvgIpc) is 3.57. The van der Waals surface area contributed by atoms with Crippen molar-refractivity contribution in [3.63, 3.8) is 0 Å². The summed E-state index contributed by atoms with van der Waals surface area (Å²) in [6.45, 7) is 0. The summed E-state index contributed by atoms with van der Waals surface area (Å²) >= 11 is 0. The van der Waals surface area contributed by atoms with Crippen LogP contribution in [0.4, 0.5) is 0 Å². The van der Waals surface area contributed by atoms with Crippen LogP contribution in [0.1, 0.15) is 12.5 Å². The van der Waals surface area contributed by atoms with E-state index in [1.807, 2.05) is 0 Å². The van der Waals surface area contributed by atoms with Gasteiger partial charge >= 0.3 is 0 Å². The fourth-order valence-corrected chi connectivity index (χ4v) is 7.05. The van der Waals surface area contributed by atoms with E-state index in [4.69, 9.17) is 0 Å². The molecule has 1 atom stereocenters. The molecule has 2 nitrogen and oxygen atoms in total. The molecule has 1 unspecified atom stereocenters. The highest BCUT2D eigenvalue weighted by Crippen LogP contribution is 2.39. The first kappa shape index (κ1) is 23.4. The van der Waals surface area contributed by atoms with Gasteiger partial charge in [-0.3, -0.25) is 0 Å². The number of allylic oxidation sites excluding steroid dienone is 4. The van der Waals surface area contributed by atoms with Crippen LogP contribution in [0.15, 0.2) is 152 Å². The van der Waals surface area contributed by atoms with Crippen molar-refractivity contribution in [2.24, 2.45) is 0 Å². The normalized spacial score (nSPS) is 15.1. The third kappa shape index (κ3) is 3.45. The van der Waals surface area contributed by atoms with Gasteiger partial charge < -0.3 is 9.13 Å². The number of rotatable bonds is 3. The summed E-state index contributed by atoms with van der Waals surface area (Å²) in [5.74, 6) is 0. The van der Waals surface area contributed by atoms with Gasteiger partial charge in [0.15, 0.2) is 0 Å². The third-order valence-corrected chi connectivity index (χ3v) is 9.00. The summed E-state index contributed by atoms with van der Waals surface area (Å²) in [6, 6.07) is 47.3. The molecule has 0 amide bonds. The maximum Gasteiger partial charge on any atom is 0.0560 e. The summed E-state index contributed by atoms with van der Waals surface area (Å²) in [5, 5.41) is 7.69. The molecule has 0 saturated carbocycles. The van der Waals surface area contributed by atoms with Crippen molar-refractivity contribution in [1.82, 2.24) is 9.13 Å². The molecule has 2 aromatic heterocycles. The molecule has 0 spiro atoms. The van der Waals surface area contributed by atoms with Gasteiger partial charge in [0.05, 0.1) is 17.1 Å². The van der Waals surface area contributed by atoms with Crippen molar-refractivity contribution in [2.75, 3.05) is 0 Å². The predicted molar refractivity (Wildman–Crippen MR) is 179 cm³/mol. The van der Waals surface area contributed by atoms with Gasteiger partial charge in [0, 0.05) is 38.3 Å². The van der Waals surface area contributed by atoms with Crippen LogP contribution in [-0.4, -0.2) is 9.13 Å². The van der Waals surface area contributed by atoms with Crippen molar-refractivity contribution in [3.8, 4) is 16.8 Å². The van der Waals surface area contributed by atoms with Crippen molar-refractivity contribution in [1.29, 1.82) is 0 Å². The summed E-state index contributed by atoms with van der Waals surface area (Å²) in [7, 11) is 0. The number of aromatic nitrogens is 2. The number of hydrogen-bond acceptors (Lipinski definition) is 0. The van der Waals surface area contributed by atoms with E-state index in [2.05, 4.69) is 161 Å². The van der Waals surface area contributed by atoms with E-state index in [1.165, 1.54) is 71.2 Å². The molecule has 42 heavy (non-hydrogen) atoms. The number of nitrogens with zero attached hydrogens (tertiary/aromatic N) is 2. The number of hydrogen-bond donors (Lipinski definition) is 0. The fourth-order valence-electron chi connectivity index (χ4n) is 7.05. The lowest BCUT2D eigenvalue weighted by Gasteiger charge is -2.18. The zero-order chi connectivity index (χ0) is 27.6. The monoisotopic (exact) mass is 536 g/mol. The SMILES string of the molecule is C1=CCC(n2c3ccccc3c3cc(-c4ccc5c(c4)c4ccccc4n5-c4ccc5ccccc5c4)ccc32)C=C1. The van der Waals surface area contributed by atoms with Crippen LogP contribution in [-0.2, 0) is 0 Å². The molecular weight excluding hydrogens is 508 g/mol. The van der Waals surface area contributed by atoms with Crippen molar-refractivity contribution in [2.45, 2.75) is 12.5 Å². The van der Waals surface area contributed by atoms with Crippen LogP contribution in [0, 0.1) is 0 Å². The van der Waals surface area contributed by atoms with Gasteiger partial charge in [-0.2, -0.15) is 0 Å². The van der Waals surface area contributed by atoms with E-state index in [-0.39, 0.29) is 0 Å². The minimum atomic E-state index is 0.334. The molecule has 0 aliphatic heterocycles. The standard InChI is InChI=1S/C40H28N2/c1-2-12-31(13-3-1)41-37-16-8-6-14-33(37)35-25-29(19-22-39(35)41)30-20-23-40-36(26-30)34-15-7-9-17-38(34)42(40)32-21-18-27-10-4-5-11-28(27)24-32/h1-12,14-26,31H,13H2. The Kier molecular flexibility index (Phi) is 5.06. The van der Waals surface area contributed by atoms with Crippen LogP contribution in [0.3, 0.4) is 0 Å². The van der Waals surface area contributed by atoms with E-state index >= 15 is 0 Å². The van der Waals surface area contributed by atoms with Gasteiger partial charge in [-0.05, 0) is 76.9 Å². The maximum atomic E-state index is 2.51. The summed E-state index contributed by atoms with van der Waals surface area (Å²) in [6.07, 6.45) is 9.93. The average molecular weight is 537 g/mol. The molecule has 9 rings (SSSR count). The largest absolute Gasteiger partial charge is 0.333 e. The lowest BCUT2D eigenvalue weighted by atomic mass is 10.0. The lowest BCUT2D eigenvalue weighted by molar-refractivity contribution is 0.648. The molecule has 8 aromatic rings. The summed E-state index contributed by atoms with van der Waals surface area (Å²) in [4.78, 5) is 0. The number of para-hydroxylation sites is 2. The first-order valence-electron chi connectivity index (χ1n) is 14.7. The van der Waals surface area contributed by atoms with Crippen LogP contribution in [0.25, 0.3) is 71.2 Å². The molecule has 2 heteroatoms. The van der Waals surface area contributed by atoms with Gasteiger partial charge in [0.2, 0.25) is 0 Å². The highest BCUT2D eigenvalue weighted by Gasteiger charge is 2.18. The van der Waals surface area contributed by atoms with E-state index < -0.39 is 0 Å². The molecule has 0 bridgehead atoms. The molecule has 0 saturated heterocycles. The van der Waals surface area contributed by atoms with E-state index in [0.29, 0.717) is 6.04 Å². The fraction of sp³-hybridized carbons (Fsp3) is 0.0500. The highest BCUT2D eigenvalue weighted by atomic mass is 15.0. The van der Waals surface area contributed by atoms with Crippen molar-refractivity contribution < 1.29 is 0 Å². The Labute approximate surface area is 244 Å². The van der Waals surface area contributed by atoms with E-state index in [0.717, 1.165) is 6.42 Å². The highest BCUT2D eigenvalue weighted by molar-refractivity contribution is 6.12. The molecule has 0 radical (unpaired) electrons. The Morgan fingerprint density at radius 1 is 0.476 bits per heavy atom. The molecule has 1 aliphatic rings. The second-order valence-corrected chi connectivity index (χ2v) is 11.4. The Balaban J connectivity index is 1.24. The quantitative estimate of drug-likeness (QED) is 0.213. The third-order valence-electron chi connectivity index (χ3n) is 9.00. The molecular formula is C40H28N2. The minimum absolute atomic E-state index is 0.334. The Morgan fingerprint density at radius 2 is 1.10 bits per heavy atom. The molecule has 0 fully saturated rings. The van der Waals surface area contributed by atoms with E-state index in [1.54, 1.807) is 0 Å². The maximum absolute atomic E-state index is 2.51. The van der Waals surface area contributed by atoms with Gasteiger partial charge in [0.1, 0.15) is 0 Å². The van der Waals surface area contributed by atoms with E-state index in [9.17, 15) is 0 Å². The Morgan fingerprint density at radius 3 is 1.88 bits per heavy atom. The van der Waals surface area contributed by atoms with Gasteiger partial charge in [0.25, 0.3) is 0 Å². The van der Waals surface area contributed by atoms with Crippen LogP contribution < -0.4 is 0 Å². The smallest absolute Gasteiger partial charge is 0.0560 e. The first-order valence-corrected chi connectivity index (χ1v) is 14.7. The van der Waals surface area contributed by atoms with Gasteiger partial charge in [-0.15, -0.1) is 0 Å². The van der Waals surface area contributed by atoms with Crippen LogP contribution >= 0.6 is 0 Å². The molecule has 2 heterocycles. The number of fused-ring (bicyclic) bond motifs is 7. The minimum Gasteiger partial charge on any atom is -0.333 e. The second-order valence-electron chi connectivity index (χ2n) is 11.4. The Hall–Kier alpha value is -5.34. The summed E-state index contributed by atoms with van der Waals surface area (Å²) in [5.41, 5.74) is 8.71. The zero-order valence-electron chi connectivity index (χ0n) is 23.1. The molecule has 0 N–H and O–H groups in total. The lowest BCUT2D eigenvalue weighted by Crippen LogP contribution is -2.06. The van der Waals surface area contributed by atoms with Gasteiger partial charge in [-0.1, -0.05) is 103 Å².